The highest BCUT2D eigenvalue weighted by Crippen LogP contribution is 2.38. The number of halogens is 1. The van der Waals surface area contributed by atoms with Crippen molar-refractivity contribution in [1.29, 1.82) is 0 Å². The van der Waals surface area contributed by atoms with Gasteiger partial charge < -0.3 is 9.84 Å². The average molecular weight is 354 g/mol. The van der Waals surface area contributed by atoms with Crippen LogP contribution in [0.4, 0.5) is 0 Å². The molecule has 1 aliphatic carbocycles. The van der Waals surface area contributed by atoms with Crippen molar-refractivity contribution in [2.45, 2.75) is 18.9 Å². The van der Waals surface area contributed by atoms with Gasteiger partial charge in [-0.25, -0.2) is 0 Å². The van der Waals surface area contributed by atoms with Crippen LogP contribution in [0.2, 0.25) is 0 Å². The summed E-state index contributed by atoms with van der Waals surface area (Å²) in [6.07, 6.45) is 1.83. The Morgan fingerprint density at radius 2 is 2.24 bits per heavy atom. The van der Waals surface area contributed by atoms with Crippen LogP contribution >= 0.6 is 15.9 Å². The molecule has 5 heteroatoms. The van der Waals surface area contributed by atoms with Gasteiger partial charge in [-0.15, -0.1) is 0 Å². The van der Waals surface area contributed by atoms with Crippen LogP contribution in [0.15, 0.2) is 22.7 Å². The number of benzene rings is 1. The van der Waals surface area contributed by atoms with Gasteiger partial charge >= 0.3 is 0 Å². The third-order valence-corrected chi connectivity index (χ3v) is 5.36. The molecule has 3 atom stereocenters. The van der Waals surface area contributed by atoms with E-state index in [2.05, 4.69) is 20.8 Å². The minimum atomic E-state index is -0.176. The largest absolute Gasteiger partial charge is 0.496 e. The van der Waals surface area contributed by atoms with Crippen LogP contribution in [0.3, 0.4) is 0 Å². The fourth-order valence-corrected chi connectivity index (χ4v) is 4.13. The summed E-state index contributed by atoms with van der Waals surface area (Å²) in [4.78, 5) is 14.6. The lowest BCUT2D eigenvalue weighted by Gasteiger charge is -2.17. The molecule has 21 heavy (non-hydrogen) atoms. The van der Waals surface area contributed by atoms with Crippen molar-refractivity contribution < 1.29 is 14.6 Å². The zero-order valence-corrected chi connectivity index (χ0v) is 13.7. The molecule has 3 rings (SSSR count). The molecule has 1 N–H and O–H groups in total. The van der Waals surface area contributed by atoms with Gasteiger partial charge in [0.1, 0.15) is 5.75 Å². The maximum atomic E-state index is 12.4. The molecule has 3 unspecified atom stereocenters. The first-order chi connectivity index (χ1) is 10.1. The molecule has 2 fully saturated rings. The number of fused-ring (bicyclic) bond motifs is 1. The Kier molecular flexibility index (Phi) is 4.33. The van der Waals surface area contributed by atoms with E-state index < -0.39 is 0 Å². The number of aliphatic hydroxyl groups excluding tert-OH is 1. The maximum Gasteiger partial charge on any atom is 0.176 e. The molecule has 0 aromatic heterocycles. The number of carbonyl (C=O) groups excluding carboxylic acids is 1. The first-order valence-electron chi connectivity index (χ1n) is 7.35. The Bertz CT molecular complexity index is 548. The van der Waals surface area contributed by atoms with Gasteiger partial charge in [-0.2, -0.15) is 0 Å². The van der Waals surface area contributed by atoms with E-state index in [1.54, 1.807) is 19.2 Å². The second-order valence-electron chi connectivity index (χ2n) is 6.04. The summed E-state index contributed by atoms with van der Waals surface area (Å²) in [5.41, 5.74) is 0.695. The van der Waals surface area contributed by atoms with Crippen molar-refractivity contribution in [3.63, 3.8) is 0 Å². The molecule has 0 radical (unpaired) electrons. The fourth-order valence-electron chi connectivity index (χ4n) is 3.59. The third-order valence-electron chi connectivity index (χ3n) is 4.74. The van der Waals surface area contributed by atoms with Gasteiger partial charge in [-0.1, -0.05) is 0 Å². The van der Waals surface area contributed by atoms with Crippen molar-refractivity contribution in [2.75, 3.05) is 26.7 Å². The summed E-state index contributed by atoms with van der Waals surface area (Å²) in [6.45, 7) is 2.21. The van der Waals surface area contributed by atoms with Crippen LogP contribution in [0.1, 0.15) is 23.2 Å². The van der Waals surface area contributed by atoms with Crippen LogP contribution in [0.25, 0.3) is 0 Å². The molecule has 1 heterocycles. The van der Waals surface area contributed by atoms with E-state index in [-0.39, 0.29) is 11.9 Å². The molecule has 0 bridgehead atoms. The van der Waals surface area contributed by atoms with Gasteiger partial charge in [0.05, 0.1) is 24.2 Å². The van der Waals surface area contributed by atoms with Crippen LogP contribution in [0.5, 0.6) is 5.75 Å². The standard InChI is InChI=1S/C16H20BrNO3/c1-21-16-5-3-10(6-13(16)17)15(20)9-18-7-11-2-4-14(19)12(11)8-18/h3,5-6,11-12,14,19H,2,4,7-9H2,1H3. The Morgan fingerprint density at radius 1 is 1.43 bits per heavy atom. The van der Waals surface area contributed by atoms with E-state index >= 15 is 0 Å². The number of rotatable bonds is 4. The number of likely N-dealkylation sites (tertiary alicyclic amines) is 1. The van der Waals surface area contributed by atoms with Gasteiger partial charge in [0.15, 0.2) is 5.78 Å². The molecule has 1 saturated heterocycles. The number of carbonyl (C=O) groups is 1. The number of aliphatic hydroxyl groups is 1. The van der Waals surface area contributed by atoms with Crippen LogP contribution in [-0.4, -0.2) is 48.6 Å². The summed E-state index contributed by atoms with van der Waals surface area (Å²) < 4.78 is 5.97. The van der Waals surface area contributed by atoms with Gasteiger partial charge in [-0.3, -0.25) is 9.69 Å². The number of ketones is 1. The zero-order valence-electron chi connectivity index (χ0n) is 12.1. The second kappa shape index (κ2) is 6.07. The molecular weight excluding hydrogens is 334 g/mol. The predicted octanol–water partition coefficient (Wildman–Crippen LogP) is 2.34. The zero-order chi connectivity index (χ0) is 15.0. The predicted molar refractivity (Wildman–Crippen MR) is 83.7 cm³/mol. The van der Waals surface area contributed by atoms with Gasteiger partial charge in [0.2, 0.25) is 0 Å². The molecule has 1 aromatic carbocycles. The third kappa shape index (κ3) is 3.00. The van der Waals surface area contributed by atoms with E-state index in [4.69, 9.17) is 4.74 Å². The smallest absolute Gasteiger partial charge is 0.176 e. The van der Waals surface area contributed by atoms with E-state index in [1.807, 2.05) is 6.07 Å². The Hall–Kier alpha value is -0.910. The first kappa shape index (κ1) is 15.0. The molecular formula is C16H20BrNO3. The molecule has 2 aliphatic rings. The van der Waals surface area contributed by atoms with Crippen molar-refractivity contribution in [3.05, 3.63) is 28.2 Å². The summed E-state index contributed by atoms with van der Waals surface area (Å²) in [7, 11) is 1.61. The maximum absolute atomic E-state index is 12.4. The summed E-state index contributed by atoms with van der Waals surface area (Å²) in [5.74, 6) is 1.77. The van der Waals surface area contributed by atoms with Crippen LogP contribution in [-0.2, 0) is 0 Å². The highest BCUT2D eigenvalue weighted by Gasteiger charge is 2.42. The average Bonchev–Trinajstić information content (AvgIpc) is 3.01. The lowest BCUT2D eigenvalue weighted by molar-refractivity contribution is 0.0919. The molecule has 114 valence electrons. The van der Waals surface area contributed by atoms with Gasteiger partial charge in [0.25, 0.3) is 0 Å². The number of ether oxygens (including phenoxy) is 1. The number of hydrogen-bond donors (Lipinski definition) is 1. The lowest BCUT2D eigenvalue weighted by atomic mass is 10.00. The quantitative estimate of drug-likeness (QED) is 0.844. The van der Waals surface area contributed by atoms with Crippen LogP contribution < -0.4 is 4.74 Å². The van der Waals surface area contributed by atoms with E-state index in [0.29, 0.717) is 23.9 Å². The topological polar surface area (TPSA) is 49.8 Å². The second-order valence-corrected chi connectivity index (χ2v) is 6.89. The number of Topliss-reactive ketones (excluding diaryl/α,β-unsaturated/α-hetero) is 1. The summed E-state index contributed by atoms with van der Waals surface area (Å²) in [6, 6.07) is 5.42. The molecule has 0 spiro atoms. The Balaban J connectivity index is 1.63. The van der Waals surface area contributed by atoms with Crippen LogP contribution in [0, 0.1) is 11.8 Å². The first-order valence-corrected chi connectivity index (χ1v) is 8.15. The van der Waals surface area contributed by atoms with E-state index in [9.17, 15) is 9.90 Å². The molecule has 1 aromatic rings. The number of nitrogens with zero attached hydrogens (tertiary/aromatic N) is 1. The fraction of sp³-hybridized carbons (Fsp3) is 0.562. The van der Waals surface area contributed by atoms with Crippen molar-refractivity contribution in [3.8, 4) is 5.75 Å². The van der Waals surface area contributed by atoms with Crippen molar-refractivity contribution in [1.82, 2.24) is 4.90 Å². The van der Waals surface area contributed by atoms with Crippen molar-refractivity contribution >= 4 is 21.7 Å². The number of methoxy groups -OCH3 is 1. The monoisotopic (exact) mass is 353 g/mol. The molecule has 1 saturated carbocycles. The highest BCUT2D eigenvalue weighted by atomic mass is 79.9. The summed E-state index contributed by atoms with van der Waals surface area (Å²) in [5, 5.41) is 9.93. The highest BCUT2D eigenvalue weighted by molar-refractivity contribution is 9.10. The Morgan fingerprint density at radius 3 is 2.90 bits per heavy atom. The minimum Gasteiger partial charge on any atom is -0.496 e. The SMILES string of the molecule is COc1ccc(C(=O)CN2CC3CCC(O)C3C2)cc1Br. The van der Waals surface area contributed by atoms with Gasteiger partial charge in [-0.05, 0) is 52.9 Å². The van der Waals surface area contributed by atoms with E-state index in [0.717, 1.165) is 36.2 Å². The molecule has 4 nitrogen and oxygen atoms in total. The summed E-state index contributed by atoms with van der Waals surface area (Å²) >= 11 is 3.41. The van der Waals surface area contributed by atoms with Crippen molar-refractivity contribution in [2.24, 2.45) is 11.8 Å². The van der Waals surface area contributed by atoms with E-state index in [1.165, 1.54) is 0 Å². The molecule has 1 aliphatic heterocycles. The molecule has 0 amide bonds. The minimum absolute atomic E-state index is 0.118. The Labute approximate surface area is 133 Å². The normalized spacial score (nSPS) is 28.6. The lowest BCUT2D eigenvalue weighted by Crippen LogP contribution is -2.30. The van der Waals surface area contributed by atoms with Gasteiger partial charge in [0, 0.05) is 24.6 Å². The number of hydrogen-bond acceptors (Lipinski definition) is 4.